The van der Waals surface area contributed by atoms with Crippen LogP contribution in [0.4, 0.5) is 0 Å². The molecule has 112 valence electrons. The smallest absolute Gasteiger partial charge is 0.343 e. The van der Waals surface area contributed by atoms with Crippen molar-refractivity contribution in [1.29, 1.82) is 5.41 Å². The summed E-state index contributed by atoms with van der Waals surface area (Å²) in [6.45, 7) is 2.57. The second kappa shape index (κ2) is 6.41. The Labute approximate surface area is 122 Å². The van der Waals surface area contributed by atoms with E-state index < -0.39 is 5.97 Å². The maximum absolute atomic E-state index is 11.6. The number of aliphatic hydroxyl groups excluding tert-OH is 1. The molecule has 0 radical (unpaired) electrons. The van der Waals surface area contributed by atoms with Crippen LogP contribution < -0.4 is 4.74 Å². The summed E-state index contributed by atoms with van der Waals surface area (Å²) in [7, 11) is 1.20. The Morgan fingerprint density at radius 1 is 1.43 bits per heavy atom. The van der Waals surface area contributed by atoms with Crippen LogP contribution in [0.3, 0.4) is 0 Å². The number of esters is 1. The maximum Gasteiger partial charge on any atom is 0.343 e. The van der Waals surface area contributed by atoms with Gasteiger partial charge in [0.1, 0.15) is 29.8 Å². The van der Waals surface area contributed by atoms with Crippen LogP contribution in [0.5, 0.6) is 5.75 Å². The number of carbonyl (C=O) groups is 1. The third kappa shape index (κ3) is 3.82. The fraction of sp³-hybridized carbons (Fsp3) is 0.333. The quantitative estimate of drug-likeness (QED) is 0.274. The Morgan fingerprint density at radius 2 is 2.05 bits per heavy atom. The van der Waals surface area contributed by atoms with Crippen LogP contribution in [-0.4, -0.2) is 43.2 Å². The molecule has 1 saturated heterocycles. The van der Waals surface area contributed by atoms with Gasteiger partial charge in [0.25, 0.3) is 0 Å². The summed E-state index contributed by atoms with van der Waals surface area (Å²) in [5.74, 6) is -0.337. The van der Waals surface area contributed by atoms with E-state index in [2.05, 4.69) is 4.74 Å². The van der Waals surface area contributed by atoms with Crippen molar-refractivity contribution in [3.8, 4) is 5.75 Å². The minimum atomic E-state index is -0.744. The van der Waals surface area contributed by atoms with Crippen molar-refractivity contribution in [3.63, 3.8) is 0 Å². The lowest BCUT2D eigenvalue weighted by atomic mass is 10.0. The average Bonchev–Trinajstić information content (AvgIpc) is 3.29. The summed E-state index contributed by atoms with van der Waals surface area (Å²) < 4.78 is 15.1. The fourth-order valence-electron chi connectivity index (χ4n) is 1.75. The highest BCUT2D eigenvalue weighted by Gasteiger charge is 2.23. The van der Waals surface area contributed by atoms with E-state index in [1.807, 2.05) is 0 Å². The van der Waals surface area contributed by atoms with E-state index in [1.54, 1.807) is 24.3 Å². The van der Waals surface area contributed by atoms with Crippen LogP contribution in [0.25, 0.3) is 0 Å². The summed E-state index contributed by atoms with van der Waals surface area (Å²) in [4.78, 5) is 11.6. The van der Waals surface area contributed by atoms with Gasteiger partial charge in [-0.15, -0.1) is 0 Å². The SMILES string of the molecule is COC(=O)C(C(=N)c1ccc(OCC2CO2)cc1)=C(C)O. The number of rotatable bonds is 6. The number of allylic oxidation sites excluding steroid dienone is 1. The second-order valence-electron chi connectivity index (χ2n) is 4.62. The lowest BCUT2D eigenvalue weighted by molar-refractivity contribution is -0.135. The molecule has 0 aliphatic carbocycles. The average molecular weight is 291 g/mol. The molecule has 0 spiro atoms. The summed E-state index contributed by atoms with van der Waals surface area (Å²) in [5.41, 5.74) is 0.232. The molecule has 1 atom stereocenters. The number of aliphatic hydroxyl groups is 1. The Bertz CT molecular complexity index is 568. The Balaban J connectivity index is 2.10. The molecule has 1 aliphatic rings. The number of benzene rings is 1. The van der Waals surface area contributed by atoms with Crippen LogP contribution in [0.1, 0.15) is 12.5 Å². The van der Waals surface area contributed by atoms with Gasteiger partial charge in [-0.3, -0.25) is 5.41 Å². The number of hydrogen-bond acceptors (Lipinski definition) is 6. The van der Waals surface area contributed by atoms with Crippen LogP contribution >= 0.6 is 0 Å². The molecule has 2 rings (SSSR count). The number of nitrogens with one attached hydrogen (secondary N) is 1. The van der Waals surface area contributed by atoms with Gasteiger partial charge in [-0.05, 0) is 31.2 Å². The number of ether oxygens (including phenoxy) is 3. The molecule has 6 nitrogen and oxygen atoms in total. The predicted octanol–water partition coefficient (Wildman–Crippen LogP) is 1.84. The molecular weight excluding hydrogens is 274 g/mol. The van der Waals surface area contributed by atoms with Gasteiger partial charge < -0.3 is 19.3 Å². The van der Waals surface area contributed by atoms with E-state index in [4.69, 9.17) is 14.9 Å². The largest absolute Gasteiger partial charge is 0.512 e. The lowest BCUT2D eigenvalue weighted by Gasteiger charge is -2.10. The summed E-state index contributed by atoms with van der Waals surface area (Å²) in [6.07, 6.45) is 0.175. The maximum atomic E-state index is 11.6. The molecule has 1 heterocycles. The van der Waals surface area contributed by atoms with Gasteiger partial charge in [-0.1, -0.05) is 0 Å². The minimum absolute atomic E-state index is 0.0982. The van der Waals surface area contributed by atoms with Gasteiger partial charge in [0.2, 0.25) is 0 Å². The monoisotopic (exact) mass is 291 g/mol. The molecular formula is C15H17NO5. The van der Waals surface area contributed by atoms with Gasteiger partial charge in [-0.2, -0.15) is 0 Å². The van der Waals surface area contributed by atoms with Crippen molar-refractivity contribution >= 4 is 11.7 Å². The van der Waals surface area contributed by atoms with Crippen molar-refractivity contribution in [2.24, 2.45) is 0 Å². The summed E-state index contributed by atoms with van der Waals surface area (Å²) in [5, 5.41) is 17.6. The summed E-state index contributed by atoms with van der Waals surface area (Å²) >= 11 is 0. The fourth-order valence-corrected chi connectivity index (χ4v) is 1.75. The van der Waals surface area contributed by atoms with Gasteiger partial charge in [0.05, 0.1) is 19.4 Å². The van der Waals surface area contributed by atoms with Crippen molar-refractivity contribution in [1.82, 2.24) is 0 Å². The summed E-state index contributed by atoms with van der Waals surface area (Å²) in [6, 6.07) is 6.70. The third-order valence-corrected chi connectivity index (χ3v) is 2.98. The van der Waals surface area contributed by atoms with Crippen LogP contribution in [0, 0.1) is 5.41 Å². The van der Waals surface area contributed by atoms with Gasteiger partial charge >= 0.3 is 5.97 Å². The number of hydrogen-bond donors (Lipinski definition) is 2. The van der Waals surface area contributed by atoms with E-state index in [0.717, 1.165) is 6.61 Å². The minimum Gasteiger partial charge on any atom is -0.512 e. The molecule has 0 saturated carbocycles. The van der Waals surface area contributed by atoms with Gasteiger partial charge in [0.15, 0.2) is 0 Å². The molecule has 0 aromatic heterocycles. The molecule has 1 fully saturated rings. The molecule has 0 amide bonds. The molecule has 1 aliphatic heterocycles. The van der Waals surface area contributed by atoms with E-state index in [0.29, 0.717) is 17.9 Å². The standard InChI is InChI=1S/C15H17NO5/c1-9(17)13(15(18)19-2)14(16)10-3-5-11(6-4-10)20-7-12-8-21-12/h3-6,12,16-17H,7-8H2,1-2H3. The number of carbonyl (C=O) groups excluding carboxylic acids is 1. The van der Waals surface area contributed by atoms with Crippen molar-refractivity contribution in [2.45, 2.75) is 13.0 Å². The highest BCUT2D eigenvalue weighted by Crippen LogP contribution is 2.18. The molecule has 6 heteroatoms. The highest BCUT2D eigenvalue weighted by atomic mass is 16.6. The topological polar surface area (TPSA) is 92.1 Å². The van der Waals surface area contributed by atoms with E-state index in [1.165, 1.54) is 14.0 Å². The molecule has 2 N–H and O–H groups in total. The van der Waals surface area contributed by atoms with E-state index in [-0.39, 0.29) is 23.1 Å². The van der Waals surface area contributed by atoms with E-state index >= 15 is 0 Å². The molecule has 1 aromatic carbocycles. The molecule has 1 aromatic rings. The first-order valence-electron chi connectivity index (χ1n) is 6.45. The zero-order valence-corrected chi connectivity index (χ0v) is 11.9. The number of epoxide rings is 1. The van der Waals surface area contributed by atoms with Crippen molar-refractivity contribution in [3.05, 3.63) is 41.2 Å². The normalized spacial score (nSPS) is 17.7. The molecule has 1 unspecified atom stereocenters. The van der Waals surface area contributed by atoms with Crippen molar-refractivity contribution < 1.29 is 24.1 Å². The predicted molar refractivity (Wildman–Crippen MR) is 75.9 cm³/mol. The zero-order chi connectivity index (χ0) is 15.4. The molecule has 21 heavy (non-hydrogen) atoms. The Morgan fingerprint density at radius 3 is 2.52 bits per heavy atom. The Hall–Kier alpha value is -2.34. The third-order valence-electron chi connectivity index (χ3n) is 2.98. The van der Waals surface area contributed by atoms with Crippen LogP contribution in [0.2, 0.25) is 0 Å². The van der Waals surface area contributed by atoms with Crippen molar-refractivity contribution in [2.75, 3.05) is 20.3 Å². The van der Waals surface area contributed by atoms with Gasteiger partial charge in [0, 0.05) is 5.56 Å². The highest BCUT2D eigenvalue weighted by molar-refractivity contribution is 6.25. The lowest BCUT2D eigenvalue weighted by Crippen LogP contribution is -2.17. The van der Waals surface area contributed by atoms with Gasteiger partial charge in [-0.25, -0.2) is 4.79 Å². The molecule has 0 bridgehead atoms. The Kier molecular flexibility index (Phi) is 4.59. The first kappa shape index (κ1) is 15.1. The van der Waals surface area contributed by atoms with E-state index in [9.17, 15) is 9.90 Å². The number of methoxy groups -OCH3 is 1. The van der Waals surface area contributed by atoms with Crippen LogP contribution in [0.15, 0.2) is 35.6 Å². The second-order valence-corrected chi connectivity index (χ2v) is 4.62. The van der Waals surface area contributed by atoms with Crippen LogP contribution in [-0.2, 0) is 14.3 Å². The first-order chi connectivity index (χ1) is 10.0. The zero-order valence-electron chi connectivity index (χ0n) is 11.9. The first-order valence-corrected chi connectivity index (χ1v) is 6.45.